The lowest BCUT2D eigenvalue weighted by Gasteiger charge is -2.28. The van der Waals surface area contributed by atoms with Gasteiger partial charge in [0, 0.05) is 12.5 Å². The fourth-order valence-electron chi connectivity index (χ4n) is 0.842. The van der Waals surface area contributed by atoms with Crippen molar-refractivity contribution in [3.63, 3.8) is 0 Å². The molecule has 0 rings (SSSR count). The topological polar surface area (TPSA) is 54.5 Å². The van der Waals surface area contributed by atoms with Crippen LogP contribution in [-0.2, 0) is 14.8 Å². The molecule has 4 nitrogen and oxygen atoms in total. The number of halogens is 3. The smallest absolute Gasteiger partial charge is 0.273 e. The van der Waals surface area contributed by atoms with Crippen LogP contribution in [0, 0.1) is 5.41 Å². The van der Waals surface area contributed by atoms with E-state index in [1.165, 1.54) is 13.8 Å². The molecule has 0 aromatic carbocycles. The first-order chi connectivity index (χ1) is 6.88. The Morgan fingerprint density at radius 2 is 1.62 bits per heavy atom. The molecule has 0 radical (unpaired) electrons. The van der Waals surface area contributed by atoms with Gasteiger partial charge in [-0.05, 0) is 6.42 Å². The number of amides is 1. The largest absolute Gasteiger partial charge is 0.516 e. The van der Waals surface area contributed by atoms with Crippen molar-refractivity contribution in [2.45, 2.75) is 32.7 Å². The van der Waals surface area contributed by atoms with E-state index in [9.17, 15) is 26.4 Å². The maximum atomic E-state index is 12.2. The molecule has 96 valence electrons. The van der Waals surface area contributed by atoms with E-state index in [0.29, 0.717) is 7.05 Å². The van der Waals surface area contributed by atoms with Crippen molar-refractivity contribution in [2.75, 3.05) is 7.05 Å². The Hall–Kier alpha value is -0.790. The minimum Gasteiger partial charge on any atom is -0.273 e. The van der Waals surface area contributed by atoms with Crippen molar-refractivity contribution in [2.24, 2.45) is 5.41 Å². The second-order valence-corrected chi connectivity index (χ2v) is 5.92. The zero-order valence-corrected chi connectivity index (χ0v) is 10.2. The first-order valence-corrected chi connectivity index (χ1v) is 5.91. The zero-order valence-electron chi connectivity index (χ0n) is 9.42. The first kappa shape index (κ1) is 15.2. The second kappa shape index (κ2) is 4.23. The van der Waals surface area contributed by atoms with Crippen molar-refractivity contribution < 1.29 is 26.4 Å². The minimum atomic E-state index is -5.59. The molecule has 0 N–H and O–H groups in total. The van der Waals surface area contributed by atoms with Gasteiger partial charge in [0.1, 0.15) is 0 Å². The van der Waals surface area contributed by atoms with E-state index in [1.54, 1.807) is 6.92 Å². The van der Waals surface area contributed by atoms with Gasteiger partial charge in [0.15, 0.2) is 0 Å². The molecular formula is C8H14F3NO3S. The lowest BCUT2D eigenvalue weighted by molar-refractivity contribution is -0.135. The van der Waals surface area contributed by atoms with Crippen molar-refractivity contribution in [3.8, 4) is 0 Å². The SMILES string of the molecule is CCC(C)(C)C(=O)N(C)S(=O)(=O)C(F)(F)F. The van der Waals surface area contributed by atoms with Gasteiger partial charge in [0.05, 0.1) is 0 Å². The molecule has 0 heterocycles. The molecule has 0 aliphatic rings. The van der Waals surface area contributed by atoms with Crippen molar-refractivity contribution >= 4 is 15.9 Å². The van der Waals surface area contributed by atoms with Gasteiger partial charge in [0.2, 0.25) is 5.91 Å². The molecule has 1 amide bonds. The van der Waals surface area contributed by atoms with Crippen LogP contribution in [0.3, 0.4) is 0 Å². The van der Waals surface area contributed by atoms with Crippen LogP contribution in [0.25, 0.3) is 0 Å². The summed E-state index contributed by atoms with van der Waals surface area (Å²) in [5.74, 6) is -1.08. The Bertz CT molecular complexity index is 372. The Kier molecular flexibility index (Phi) is 4.02. The van der Waals surface area contributed by atoms with Crippen LogP contribution in [-0.4, -0.2) is 31.2 Å². The van der Waals surface area contributed by atoms with Crippen LogP contribution in [0.2, 0.25) is 0 Å². The molecule has 0 bridgehead atoms. The number of carbonyl (C=O) groups is 1. The van der Waals surface area contributed by atoms with Crippen molar-refractivity contribution in [1.82, 2.24) is 4.31 Å². The summed E-state index contributed by atoms with van der Waals surface area (Å²) in [6, 6.07) is 0. The number of carbonyl (C=O) groups excluding carboxylic acids is 1. The number of sulfonamides is 1. The number of hydrogen-bond donors (Lipinski definition) is 0. The molecule has 8 heteroatoms. The third-order valence-corrected chi connectivity index (χ3v) is 3.87. The monoisotopic (exact) mass is 261 g/mol. The van der Waals surface area contributed by atoms with Crippen LogP contribution >= 0.6 is 0 Å². The third-order valence-electron chi connectivity index (χ3n) is 2.40. The van der Waals surface area contributed by atoms with Gasteiger partial charge in [-0.25, -0.2) is 4.31 Å². The molecule has 0 aliphatic carbocycles. The Morgan fingerprint density at radius 1 is 1.25 bits per heavy atom. The Labute approximate surface area is 92.5 Å². The average Bonchev–Trinajstić information content (AvgIpc) is 2.13. The van der Waals surface area contributed by atoms with Crippen LogP contribution in [0.1, 0.15) is 27.2 Å². The van der Waals surface area contributed by atoms with Gasteiger partial charge in [-0.3, -0.25) is 4.79 Å². The summed E-state index contributed by atoms with van der Waals surface area (Å²) in [4.78, 5) is 11.5. The molecule has 0 saturated heterocycles. The maximum absolute atomic E-state index is 12.2. The lowest BCUT2D eigenvalue weighted by atomic mass is 9.89. The third kappa shape index (κ3) is 2.66. The predicted molar refractivity (Wildman–Crippen MR) is 51.8 cm³/mol. The average molecular weight is 261 g/mol. The second-order valence-electron chi connectivity index (χ2n) is 3.96. The molecule has 0 atom stereocenters. The van der Waals surface area contributed by atoms with Crippen molar-refractivity contribution in [3.05, 3.63) is 0 Å². The zero-order chi connectivity index (χ0) is 13.4. The first-order valence-electron chi connectivity index (χ1n) is 4.47. The highest BCUT2D eigenvalue weighted by atomic mass is 32.2. The maximum Gasteiger partial charge on any atom is 0.516 e. The van der Waals surface area contributed by atoms with Gasteiger partial charge >= 0.3 is 15.5 Å². The fourth-order valence-corrected chi connectivity index (χ4v) is 1.62. The minimum absolute atomic E-state index is 0.240. The highest BCUT2D eigenvalue weighted by molar-refractivity contribution is 7.90. The number of nitrogens with zero attached hydrogens (tertiary/aromatic N) is 1. The summed E-state index contributed by atoms with van der Waals surface area (Å²) in [6.07, 6.45) is 0.240. The fraction of sp³-hybridized carbons (Fsp3) is 0.875. The normalized spacial score (nSPS) is 13.7. The molecular weight excluding hydrogens is 247 g/mol. The molecule has 0 unspecified atom stereocenters. The number of alkyl halides is 3. The number of rotatable bonds is 3. The highest BCUT2D eigenvalue weighted by Crippen LogP contribution is 2.30. The summed E-state index contributed by atoms with van der Waals surface area (Å²) in [6.45, 7) is 4.36. The molecule has 0 aromatic heterocycles. The summed E-state index contributed by atoms with van der Waals surface area (Å²) < 4.78 is 58.1. The molecule has 0 aromatic rings. The summed E-state index contributed by atoms with van der Waals surface area (Å²) in [5.41, 5.74) is -6.60. The molecule has 0 aliphatic heterocycles. The van der Waals surface area contributed by atoms with Crippen LogP contribution in [0.4, 0.5) is 13.2 Å². The Balaban J connectivity index is 5.27. The number of hydrogen-bond acceptors (Lipinski definition) is 3. The van der Waals surface area contributed by atoms with E-state index in [0.717, 1.165) is 0 Å². The van der Waals surface area contributed by atoms with E-state index >= 15 is 0 Å². The Morgan fingerprint density at radius 3 is 1.88 bits per heavy atom. The summed E-state index contributed by atoms with van der Waals surface area (Å²) >= 11 is 0. The van der Waals surface area contributed by atoms with Gasteiger partial charge in [-0.15, -0.1) is 0 Å². The van der Waals surface area contributed by atoms with Gasteiger partial charge < -0.3 is 0 Å². The highest BCUT2D eigenvalue weighted by Gasteiger charge is 2.52. The summed E-state index contributed by atoms with van der Waals surface area (Å²) in [5, 5.41) is 0. The molecule has 16 heavy (non-hydrogen) atoms. The standard InChI is InChI=1S/C8H14F3NO3S/c1-5-7(2,3)6(13)12(4)16(14,15)8(9,10)11/h5H2,1-4H3. The van der Waals surface area contributed by atoms with Gasteiger partial charge in [-0.2, -0.15) is 21.6 Å². The van der Waals surface area contributed by atoms with Crippen LogP contribution in [0.5, 0.6) is 0 Å². The summed E-state index contributed by atoms with van der Waals surface area (Å²) in [7, 11) is -4.97. The molecule has 0 fully saturated rings. The van der Waals surface area contributed by atoms with Crippen LogP contribution < -0.4 is 0 Å². The van der Waals surface area contributed by atoms with Crippen LogP contribution in [0.15, 0.2) is 0 Å². The molecule has 0 spiro atoms. The lowest BCUT2D eigenvalue weighted by Crippen LogP contribution is -2.46. The predicted octanol–water partition coefficient (Wildman–Crippen LogP) is 1.73. The van der Waals surface area contributed by atoms with Gasteiger partial charge in [0.25, 0.3) is 0 Å². The van der Waals surface area contributed by atoms with Gasteiger partial charge in [-0.1, -0.05) is 20.8 Å². The van der Waals surface area contributed by atoms with E-state index in [1.807, 2.05) is 0 Å². The van der Waals surface area contributed by atoms with E-state index in [2.05, 4.69) is 0 Å². The van der Waals surface area contributed by atoms with E-state index < -0.39 is 26.9 Å². The van der Waals surface area contributed by atoms with E-state index in [-0.39, 0.29) is 10.7 Å². The quantitative estimate of drug-likeness (QED) is 0.777. The van der Waals surface area contributed by atoms with Crippen molar-refractivity contribution in [1.29, 1.82) is 0 Å². The molecule has 0 saturated carbocycles. The van der Waals surface area contributed by atoms with E-state index in [4.69, 9.17) is 0 Å².